The predicted octanol–water partition coefficient (Wildman–Crippen LogP) is 1.11. The van der Waals surface area contributed by atoms with Crippen LogP contribution in [-0.2, 0) is 4.79 Å². The smallest absolute Gasteiger partial charge is 0.235 e. The summed E-state index contributed by atoms with van der Waals surface area (Å²) in [5, 5.41) is 3.47. The molecule has 1 unspecified atom stereocenters. The Kier molecular flexibility index (Phi) is 4.09. The molecule has 1 saturated carbocycles. The zero-order valence-electron chi connectivity index (χ0n) is 9.45. The minimum absolute atomic E-state index is 0.0939. The molecule has 2 rings (SSSR count). The zero-order valence-corrected chi connectivity index (χ0v) is 10.3. The first-order chi connectivity index (χ1) is 7.75. The van der Waals surface area contributed by atoms with Crippen LogP contribution in [0, 0.1) is 5.92 Å². The lowest BCUT2D eigenvalue weighted by molar-refractivity contribution is -0.120. The van der Waals surface area contributed by atoms with Crippen molar-refractivity contribution in [2.75, 3.05) is 13.1 Å². The maximum absolute atomic E-state index is 11.8. The molecule has 0 radical (unpaired) electrons. The molecule has 1 heterocycles. The van der Waals surface area contributed by atoms with Crippen LogP contribution < -0.4 is 11.1 Å². The number of nitrogens with two attached hydrogens (primary N) is 1. The van der Waals surface area contributed by atoms with Crippen LogP contribution >= 0.6 is 11.8 Å². The Morgan fingerprint density at radius 2 is 2.19 bits per heavy atom. The van der Waals surface area contributed by atoms with E-state index in [0.29, 0.717) is 17.6 Å². The summed E-state index contributed by atoms with van der Waals surface area (Å²) >= 11 is 1.38. The highest BCUT2D eigenvalue weighted by molar-refractivity contribution is 8.15. The topological polar surface area (TPSA) is 67.5 Å². The van der Waals surface area contributed by atoms with Gasteiger partial charge in [0.05, 0.1) is 6.54 Å². The molecular weight excluding hydrogens is 222 g/mol. The average Bonchev–Trinajstić information content (AvgIpc) is 2.74. The van der Waals surface area contributed by atoms with Gasteiger partial charge in [0.2, 0.25) is 5.91 Å². The number of carbonyl (C=O) groups is 1. The normalized spacial score (nSPS) is 26.5. The second-order valence-corrected chi connectivity index (χ2v) is 5.76. The van der Waals surface area contributed by atoms with Gasteiger partial charge in [0.25, 0.3) is 0 Å². The van der Waals surface area contributed by atoms with E-state index >= 15 is 0 Å². The van der Waals surface area contributed by atoms with Gasteiger partial charge in [-0.15, -0.1) is 0 Å². The van der Waals surface area contributed by atoms with E-state index in [0.717, 1.165) is 6.54 Å². The van der Waals surface area contributed by atoms with Crippen LogP contribution in [0.25, 0.3) is 0 Å². The largest absolute Gasteiger partial charge is 0.379 e. The van der Waals surface area contributed by atoms with E-state index in [1.165, 1.54) is 43.9 Å². The maximum atomic E-state index is 11.8. The first-order valence-electron chi connectivity index (χ1n) is 6.00. The molecule has 1 atom stereocenters. The molecule has 0 aromatic carbocycles. The Morgan fingerprint density at radius 1 is 1.44 bits per heavy atom. The zero-order chi connectivity index (χ0) is 11.4. The summed E-state index contributed by atoms with van der Waals surface area (Å²) in [6.45, 7) is 1.36. The third-order valence-electron chi connectivity index (χ3n) is 3.26. The molecule has 1 aliphatic carbocycles. The lowest BCUT2D eigenvalue weighted by Gasteiger charge is -2.22. The van der Waals surface area contributed by atoms with Gasteiger partial charge in [0.1, 0.15) is 5.25 Å². The van der Waals surface area contributed by atoms with E-state index in [-0.39, 0.29) is 11.2 Å². The second-order valence-electron chi connectivity index (χ2n) is 4.53. The third-order valence-corrected chi connectivity index (χ3v) is 4.28. The van der Waals surface area contributed by atoms with Crippen molar-refractivity contribution in [2.45, 2.75) is 37.4 Å². The molecule has 0 bridgehead atoms. The number of amidine groups is 1. The minimum atomic E-state index is -0.0939. The van der Waals surface area contributed by atoms with Crippen LogP contribution in [0.3, 0.4) is 0 Å². The summed E-state index contributed by atoms with van der Waals surface area (Å²) in [5.74, 6) is 0.780. The SMILES string of the molecule is NC1=NCC(C(=O)NCC2CCCCC2)S1. The lowest BCUT2D eigenvalue weighted by atomic mass is 9.89. The highest BCUT2D eigenvalue weighted by Gasteiger charge is 2.25. The number of nitrogens with one attached hydrogen (secondary N) is 1. The van der Waals surface area contributed by atoms with E-state index in [1.807, 2.05) is 0 Å². The number of carbonyl (C=O) groups excluding carboxylic acids is 1. The molecule has 0 saturated heterocycles. The molecule has 90 valence electrons. The summed E-state index contributed by atoms with van der Waals surface area (Å²) in [5.41, 5.74) is 5.53. The van der Waals surface area contributed by atoms with E-state index < -0.39 is 0 Å². The van der Waals surface area contributed by atoms with Gasteiger partial charge in [-0.2, -0.15) is 0 Å². The van der Waals surface area contributed by atoms with Crippen molar-refractivity contribution in [2.24, 2.45) is 16.6 Å². The number of thioether (sulfide) groups is 1. The monoisotopic (exact) mass is 241 g/mol. The first-order valence-corrected chi connectivity index (χ1v) is 6.88. The van der Waals surface area contributed by atoms with Crippen molar-refractivity contribution in [3.63, 3.8) is 0 Å². The Hall–Kier alpha value is -0.710. The average molecular weight is 241 g/mol. The molecular formula is C11H19N3OS. The van der Waals surface area contributed by atoms with Crippen molar-refractivity contribution in [3.05, 3.63) is 0 Å². The fourth-order valence-electron chi connectivity index (χ4n) is 2.28. The van der Waals surface area contributed by atoms with Gasteiger partial charge in [-0.05, 0) is 18.8 Å². The van der Waals surface area contributed by atoms with Crippen LogP contribution in [0.15, 0.2) is 4.99 Å². The van der Waals surface area contributed by atoms with Gasteiger partial charge in [0, 0.05) is 6.54 Å². The van der Waals surface area contributed by atoms with Crippen LogP contribution in [0.4, 0.5) is 0 Å². The highest BCUT2D eigenvalue weighted by atomic mass is 32.2. The molecule has 5 heteroatoms. The fraction of sp³-hybridized carbons (Fsp3) is 0.818. The van der Waals surface area contributed by atoms with Gasteiger partial charge in [-0.25, -0.2) is 0 Å². The molecule has 0 spiro atoms. The summed E-state index contributed by atoms with van der Waals surface area (Å²) in [4.78, 5) is 15.8. The quantitative estimate of drug-likeness (QED) is 0.778. The standard InChI is InChI=1S/C11H19N3OS/c12-11-14-7-9(16-11)10(15)13-6-8-4-2-1-3-5-8/h8-9H,1-7H2,(H2,12,14)(H,13,15). The van der Waals surface area contributed by atoms with E-state index in [2.05, 4.69) is 10.3 Å². The summed E-state index contributed by atoms with van der Waals surface area (Å²) in [7, 11) is 0. The van der Waals surface area contributed by atoms with Crippen LogP contribution in [0.5, 0.6) is 0 Å². The Morgan fingerprint density at radius 3 is 2.81 bits per heavy atom. The molecule has 1 aliphatic heterocycles. The maximum Gasteiger partial charge on any atom is 0.235 e. The van der Waals surface area contributed by atoms with E-state index in [1.54, 1.807) is 0 Å². The molecule has 0 aromatic heterocycles. The Bertz CT molecular complexity index is 287. The molecule has 1 fully saturated rings. The van der Waals surface area contributed by atoms with Gasteiger partial charge in [-0.1, -0.05) is 31.0 Å². The number of nitrogens with zero attached hydrogens (tertiary/aromatic N) is 1. The second kappa shape index (κ2) is 5.57. The number of aliphatic imine (C=N–C) groups is 1. The molecule has 2 aliphatic rings. The number of rotatable bonds is 3. The van der Waals surface area contributed by atoms with Crippen molar-refractivity contribution < 1.29 is 4.79 Å². The summed E-state index contributed by atoms with van der Waals surface area (Å²) in [6.07, 6.45) is 6.50. The van der Waals surface area contributed by atoms with Crippen LogP contribution in [0.1, 0.15) is 32.1 Å². The van der Waals surface area contributed by atoms with Crippen molar-refractivity contribution >= 4 is 22.8 Å². The third kappa shape index (κ3) is 3.14. The van der Waals surface area contributed by atoms with Crippen LogP contribution in [-0.4, -0.2) is 29.4 Å². The Balaban J connectivity index is 1.67. The summed E-state index contributed by atoms with van der Waals surface area (Å²) in [6, 6.07) is 0. The van der Waals surface area contributed by atoms with Crippen LogP contribution in [0.2, 0.25) is 0 Å². The van der Waals surface area contributed by atoms with Gasteiger partial charge in [0.15, 0.2) is 5.17 Å². The number of amides is 1. The van der Waals surface area contributed by atoms with Gasteiger partial charge >= 0.3 is 0 Å². The minimum Gasteiger partial charge on any atom is -0.379 e. The van der Waals surface area contributed by atoms with Gasteiger partial charge in [-0.3, -0.25) is 9.79 Å². The van der Waals surface area contributed by atoms with Gasteiger partial charge < -0.3 is 11.1 Å². The van der Waals surface area contributed by atoms with Crippen molar-refractivity contribution in [3.8, 4) is 0 Å². The summed E-state index contributed by atoms with van der Waals surface area (Å²) < 4.78 is 0. The Labute approximate surface area is 100 Å². The predicted molar refractivity (Wildman–Crippen MR) is 67.5 cm³/mol. The molecule has 1 amide bonds. The molecule has 3 N–H and O–H groups in total. The van der Waals surface area contributed by atoms with E-state index in [9.17, 15) is 4.79 Å². The number of hydrogen-bond acceptors (Lipinski definition) is 4. The first kappa shape index (κ1) is 11.8. The lowest BCUT2D eigenvalue weighted by Crippen LogP contribution is -2.37. The number of hydrogen-bond donors (Lipinski definition) is 2. The molecule has 16 heavy (non-hydrogen) atoms. The highest BCUT2D eigenvalue weighted by Crippen LogP contribution is 2.23. The fourth-order valence-corrected chi connectivity index (χ4v) is 3.06. The molecule has 4 nitrogen and oxygen atoms in total. The van der Waals surface area contributed by atoms with E-state index in [4.69, 9.17) is 5.73 Å². The van der Waals surface area contributed by atoms with Crippen molar-refractivity contribution in [1.29, 1.82) is 0 Å². The van der Waals surface area contributed by atoms with Crippen molar-refractivity contribution in [1.82, 2.24) is 5.32 Å². The molecule has 0 aromatic rings.